The fourth-order valence-corrected chi connectivity index (χ4v) is 1.58. The molecular formula is C14H20N+. The van der Waals surface area contributed by atoms with Crippen LogP contribution < -0.4 is 0 Å². The number of benzene rings is 1. The Labute approximate surface area is 92.8 Å². The van der Waals surface area contributed by atoms with Gasteiger partial charge in [-0.2, -0.15) is 4.58 Å². The summed E-state index contributed by atoms with van der Waals surface area (Å²) in [5.41, 5.74) is 3.81. The van der Waals surface area contributed by atoms with E-state index >= 15 is 0 Å². The maximum atomic E-state index is 4.13. The Balaban J connectivity index is 3.00. The summed E-state index contributed by atoms with van der Waals surface area (Å²) in [5, 5.41) is 0. The van der Waals surface area contributed by atoms with Crippen molar-refractivity contribution in [2.24, 2.45) is 0 Å². The molecule has 0 bridgehead atoms. The van der Waals surface area contributed by atoms with Crippen LogP contribution in [0.3, 0.4) is 0 Å². The van der Waals surface area contributed by atoms with E-state index in [1.54, 1.807) is 0 Å². The van der Waals surface area contributed by atoms with Crippen molar-refractivity contribution in [3.05, 3.63) is 41.5 Å². The quantitative estimate of drug-likeness (QED) is 0.399. The van der Waals surface area contributed by atoms with Crippen molar-refractivity contribution in [3.63, 3.8) is 0 Å². The second kappa shape index (κ2) is 4.92. The monoisotopic (exact) mass is 202 g/mol. The fraction of sp³-hybridized carbons (Fsp3) is 0.357. The minimum atomic E-state index is 0.344. The summed E-state index contributed by atoms with van der Waals surface area (Å²) in [4.78, 5) is 0. The van der Waals surface area contributed by atoms with Gasteiger partial charge in [0.2, 0.25) is 5.69 Å². The molecule has 15 heavy (non-hydrogen) atoms. The third kappa shape index (κ3) is 2.56. The van der Waals surface area contributed by atoms with Gasteiger partial charge in [-0.3, -0.25) is 0 Å². The largest absolute Gasteiger partial charge is 0.208 e. The van der Waals surface area contributed by atoms with Crippen LogP contribution >= 0.6 is 0 Å². The van der Waals surface area contributed by atoms with Gasteiger partial charge in [0.05, 0.1) is 0 Å². The number of allylic oxidation sites excluding steroid dienone is 1. The van der Waals surface area contributed by atoms with E-state index in [0.717, 1.165) is 0 Å². The molecule has 1 nitrogen and oxygen atoms in total. The summed E-state index contributed by atoms with van der Waals surface area (Å²) >= 11 is 0. The first kappa shape index (κ1) is 11.7. The summed E-state index contributed by atoms with van der Waals surface area (Å²) in [6, 6.07) is 8.68. The molecule has 1 aromatic carbocycles. The molecule has 80 valence electrons. The molecule has 1 heteroatoms. The van der Waals surface area contributed by atoms with E-state index < -0.39 is 0 Å². The fourth-order valence-electron chi connectivity index (χ4n) is 1.58. The topological polar surface area (TPSA) is 3.01 Å². The Morgan fingerprint density at radius 2 is 2.00 bits per heavy atom. The van der Waals surface area contributed by atoms with Crippen LogP contribution in [0.15, 0.2) is 35.9 Å². The summed E-state index contributed by atoms with van der Waals surface area (Å²) in [6.45, 7) is 12.6. The molecule has 0 aliphatic heterocycles. The van der Waals surface area contributed by atoms with Crippen LogP contribution in [-0.4, -0.2) is 17.3 Å². The smallest absolute Gasteiger partial charge is 0.199 e. The van der Waals surface area contributed by atoms with Crippen molar-refractivity contribution in [3.8, 4) is 0 Å². The van der Waals surface area contributed by atoms with Crippen LogP contribution in [0.1, 0.15) is 26.3 Å². The van der Waals surface area contributed by atoms with Crippen molar-refractivity contribution < 1.29 is 4.58 Å². The number of nitrogens with zero attached hydrogens (tertiary/aromatic N) is 1. The first-order chi connectivity index (χ1) is 7.07. The Hall–Kier alpha value is -1.37. The molecule has 0 saturated heterocycles. The normalized spacial score (nSPS) is 13.7. The molecule has 0 amide bonds. The third-order valence-electron chi connectivity index (χ3n) is 3.01. The van der Waals surface area contributed by atoms with Crippen molar-refractivity contribution in [1.82, 2.24) is 0 Å². The number of rotatable bonds is 3. The molecule has 0 spiro atoms. The van der Waals surface area contributed by atoms with E-state index in [1.165, 1.54) is 16.8 Å². The zero-order valence-corrected chi connectivity index (χ0v) is 10.1. The van der Waals surface area contributed by atoms with E-state index in [2.05, 4.69) is 69.3 Å². The third-order valence-corrected chi connectivity index (χ3v) is 3.01. The van der Waals surface area contributed by atoms with Gasteiger partial charge in [-0.05, 0) is 26.3 Å². The number of hydrogen-bond acceptors (Lipinski definition) is 0. The summed E-state index contributed by atoms with van der Waals surface area (Å²) in [7, 11) is 0. The zero-order chi connectivity index (χ0) is 11.4. The lowest BCUT2D eigenvalue weighted by atomic mass is 10.1. The number of hydrogen-bond donors (Lipinski definition) is 0. The second-order valence-corrected chi connectivity index (χ2v) is 3.96. The molecule has 0 unspecified atom stereocenters. The molecule has 0 aliphatic rings. The van der Waals surface area contributed by atoms with Crippen molar-refractivity contribution >= 4 is 12.4 Å². The van der Waals surface area contributed by atoms with Crippen molar-refractivity contribution in [2.75, 3.05) is 0 Å². The number of aryl methyl sites for hydroxylation is 1. The lowest BCUT2D eigenvalue weighted by Gasteiger charge is -2.11. The average Bonchev–Trinajstić information content (AvgIpc) is 2.26. The first-order valence-corrected chi connectivity index (χ1v) is 5.36. The van der Waals surface area contributed by atoms with Crippen LogP contribution in [0.4, 0.5) is 5.69 Å². The second-order valence-electron chi connectivity index (χ2n) is 3.96. The van der Waals surface area contributed by atoms with E-state index in [-0.39, 0.29) is 0 Å². The molecule has 0 N–H and O–H groups in total. The van der Waals surface area contributed by atoms with Gasteiger partial charge in [-0.15, -0.1) is 0 Å². The molecule has 0 saturated carbocycles. The molecule has 0 heterocycles. The highest BCUT2D eigenvalue weighted by atomic mass is 15.0. The lowest BCUT2D eigenvalue weighted by molar-refractivity contribution is -0.461. The maximum absolute atomic E-state index is 4.13. The molecule has 0 aliphatic carbocycles. The Kier molecular flexibility index (Phi) is 3.84. The van der Waals surface area contributed by atoms with Gasteiger partial charge >= 0.3 is 0 Å². The van der Waals surface area contributed by atoms with Crippen LogP contribution in [0, 0.1) is 6.92 Å². The molecular weight excluding hydrogens is 182 g/mol. The van der Waals surface area contributed by atoms with Crippen molar-refractivity contribution in [2.45, 2.75) is 33.7 Å². The molecule has 1 rings (SSSR count). The van der Waals surface area contributed by atoms with E-state index in [4.69, 9.17) is 0 Å². The highest BCUT2D eigenvalue weighted by Gasteiger charge is 2.18. The van der Waals surface area contributed by atoms with Gasteiger partial charge < -0.3 is 0 Å². The minimum Gasteiger partial charge on any atom is -0.199 e. The maximum Gasteiger partial charge on any atom is 0.208 e. The van der Waals surface area contributed by atoms with Crippen LogP contribution in [-0.2, 0) is 0 Å². The molecule has 1 aromatic rings. The Morgan fingerprint density at radius 3 is 2.53 bits per heavy atom. The highest BCUT2D eigenvalue weighted by Crippen LogP contribution is 2.20. The SMILES string of the molecule is C=[N+](c1ccccc1C)[C@H](C)/C(C)=C/C. The zero-order valence-electron chi connectivity index (χ0n) is 10.1. The van der Waals surface area contributed by atoms with Crippen LogP contribution in [0.25, 0.3) is 0 Å². The predicted octanol–water partition coefficient (Wildman–Crippen LogP) is 3.69. The molecule has 1 atom stereocenters. The summed E-state index contributed by atoms with van der Waals surface area (Å²) in [6.07, 6.45) is 2.14. The van der Waals surface area contributed by atoms with E-state index in [9.17, 15) is 0 Å². The summed E-state index contributed by atoms with van der Waals surface area (Å²) < 4.78 is 2.07. The van der Waals surface area contributed by atoms with Gasteiger partial charge in [0, 0.05) is 18.6 Å². The van der Waals surface area contributed by atoms with Crippen LogP contribution in [0.5, 0.6) is 0 Å². The van der Waals surface area contributed by atoms with E-state index in [1.807, 2.05) is 0 Å². The summed E-state index contributed by atoms with van der Waals surface area (Å²) in [5.74, 6) is 0. The molecule has 0 aromatic heterocycles. The Morgan fingerprint density at radius 1 is 1.40 bits per heavy atom. The average molecular weight is 202 g/mol. The van der Waals surface area contributed by atoms with Gasteiger partial charge in [0.1, 0.15) is 6.72 Å². The Bertz CT molecular complexity index is 388. The highest BCUT2D eigenvalue weighted by molar-refractivity contribution is 5.41. The molecule has 0 fully saturated rings. The lowest BCUT2D eigenvalue weighted by Crippen LogP contribution is -2.19. The van der Waals surface area contributed by atoms with Gasteiger partial charge in [-0.25, -0.2) is 0 Å². The van der Waals surface area contributed by atoms with Crippen molar-refractivity contribution in [1.29, 1.82) is 0 Å². The van der Waals surface area contributed by atoms with Gasteiger partial charge in [0.25, 0.3) is 0 Å². The van der Waals surface area contributed by atoms with Gasteiger partial charge in [0.15, 0.2) is 6.04 Å². The van der Waals surface area contributed by atoms with Gasteiger partial charge in [-0.1, -0.05) is 24.3 Å². The number of para-hydroxylation sites is 1. The predicted molar refractivity (Wildman–Crippen MR) is 67.1 cm³/mol. The van der Waals surface area contributed by atoms with Crippen LogP contribution in [0.2, 0.25) is 0 Å². The van der Waals surface area contributed by atoms with E-state index in [0.29, 0.717) is 6.04 Å². The standard InChI is InChI=1S/C14H20N/c1-6-11(2)13(4)15(5)14-10-8-7-9-12(14)3/h6-10,13H,5H2,1-4H3/q+1/b11-6+/t13-/m1/s1. The first-order valence-electron chi connectivity index (χ1n) is 5.36. The minimum absolute atomic E-state index is 0.344. The molecule has 0 radical (unpaired) electrons.